The lowest BCUT2D eigenvalue weighted by Crippen LogP contribution is -2.29. The summed E-state index contributed by atoms with van der Waals surface area (Å²) in [5, 5.41) is 18.3. The number of carboxylic acids is 2. The summed E-state index contributed by atoms with van der Waals surface area (Å²) in [7, 11) is 0. The Bertz CT molecular complexity index is 442. The van der Waals surface area contributed by atoms with Gasteiger partial charge in [0.2, 0.25) is 0 Å². The van der Waals surface area contributed by atoms with Crippen molar-refractivity contribution < 1.29 is 19.8 Å². The van der Waals surface area contributed by atoms with Gasteiger partial charge in [-0.05, 0) is 43.4 Å². The van der Waals surface area contributed by atoms with Gasteiger partial charge in [-0.1, -0.05) is 84.5 Å². The molecule has 1 saturated carbocycles. The van der Waals surface area contributed by atoms with Gasteiger partial charge in [-0.3, -0.25) is 9.59 Å². The summed E-state index contributed by atoms with van der Waals surface area (Å²) in [6.07, 6.45) is 19.1. The molecule has 0 aliphatic heterocycles. The third kappa shape index (κ3) is 9.93. The van der Waals surface area contributed by atoms with E-state index in [0.717, 1.165) is 44.9 Å². The summed E-state index contributed by atoms with van der Waals surface area (Å²) < 4.78 is 0. The Kier molecular flexibility index (Phi) is 12.5. The highest BCUT2D eigenvalue weighted by Crippen LogP contribution is 2.59. The van der Waals surface area contributed by atoms with Crippen molar-refractivity contribution in [3.8, 4) is 0 Å². The summed E-state index contributed by atoms with van der Waals surface area (Å²) in [6, 6.07) is 0. The molecule has 1 rings (SSSR count). The second-order valence-corrected chi connectivity index (χ2v) is 9.17. The first-order valence-electron chi connectivity index (χ1n) is 11.9. The average Bonchev–Trinajstić information content (AvgIpc) is 3.43. The molecular weight excluding hydrogens is 352 g/mol. The standard InChI is InChI=1S/C24H44O4/c1-3-4-5-6-7-8-9-12-15-21(20(2)23(27)28)24(18-19-24)17-14-11-10-13-16-22(25)26/h20-21H,3-19H2,1-2H3,(H,25,26)(H,27,28). The Labute approximate surface area is 172 Å². The molecule has 0 heterocycles. The largest absolute Gasteiger partial charge is 0.481 e. The maximum atomic E-state index is 11.7. The first-order chi connectivity index (χ1) is 13.4. The number of rotatable bonds is 19. The highest BCUT2D eigenvalue weighted by atomic mass is 16.4. The van der Waals surface area contributed by atoms with Gasteiger partial charge in [0.25, 0.3) is 0 Å². The highest BCUT2D eigenvalue weighted by molar-refractivity contribution is 5.70. The van der Waals surface area contributed by atoms with Crippen molar-refractivity contribution in [1.82, 2.24) is 0 Å². The molecule has 4 nitrogen and oxygen atoms in total. The van der Waals surface area contributed by atoms with Crippen LogP contribution in [0.5, 0.6) is 0 Å². The predicted molar refractivity (Wildman–Crippen MR) is 115 cm³/mol. The summed E-state index contributed by atoms with van der Waals surface area (Å²) in [5.74, 6) is -1.29. The molecule has 0 bridgehead atoms. The topological polar surface area (TPSA) is 74.6 Å². The molecule has 1 aliphatic carbocycles. The number of hydrogen-bond acceptors (Lipinski definition) is 2. The highest BCUT2D eigenvalue weighted by Gasteiger charge is 2.50. The van der Waals surface area contributed by atoms with Crippen LogP contribution in [0.1, 0.15) is 123 Å². The SMILES string of the molecule is CCCCCCCCCCC(C(C)C(=O)O)C1(CCCCCCC(=O)O)CC1. The van der Waals surface area contributed by atoms with Crippen LogP contribution in [0.25, 0.3) is 0 Å². The van der Waals surface area contributed by atoms with Crippen LogP contribution < -0.4 is 0 Å². The zero-order chi connectivity index (χ0) is 20.8. The number of unbranched alkanes of at least 4 members (excludes halogenated alkanes) is 10. The van der Waals surface area contributed by atoms with Crippen LogP contribution in [0, 0.1) is 17.3 Å². The molecule has 1 fully saturated rings. The van der Waals surface area contributed by atoms with Gasteiger partial charge in [0.05, 0.1) is 5.92 Å². The fraction of sp³-hybridized carbons (Fsp3) is 0.917. The van der Waals surface area contributed by atoms with Crippen molar-refractivity contribution in [2.75, 3.05) is 0 Å². The van der Waals surface area contributed by atoms with Crippen LogP contribution in [-0.4, -0.2) is 22.2 Å². The second-order valence-electron chi connectivity index (χ2n) is 9.17. The minimum absolute atomic E-state index is 0.251. The van der Waals surface area contributed by atoms with Gasteiger partial charge in [-0.15, -0.1) is 0 Å². The maximum Gasteiger partial charge on any atom is 0.306 e. The van der Waals surface area contributed by atoms with E-state index in [1.807, 2.05) is 6.92 Å². The van der Waals surface area contributed by atoms with Crippen LogP contribution in [0.4, 0.5) is 0 Å². The van der Waals surface area contributed by atoms with Gasteiger partial charge in [0.15, 0.2) is 0 Å². The van der Waals surface area contributed by atoms with Crippen molar-refractivity contribution >= 4 is 11.9 Å². The molecule has 0 radical (unpaired) electrons. The van der Waals surface area contributed by atoms with Crippen molar-refractivity contribution in [3.63, 3.8) is 0 Å². The molecule has 2 N–H and O–H groups in total. The van der Waals surface area contributed by atoms with Gasteiger partial charge < -0.3 is 10.2 Å². The molecule has 4 heteroatoms. The van der Waals surface area contributed by atoms with E-state index in [-0.39, 0.29) is 17.8 Å². The lowest BCUT2D eigenvalue weighted by atomic mass is 9.74. The number of carboxylic acid groups (broad SMARTS) is 2. The molecule has 1 aliphatic rings. The van der Waals surface area contributed by atoms with Gasteiger partial charge in [-0.25, -0.2) is 0 Å². The third-order valence-corrected chi connectivity index (χ3v) is 6.86. The fourth-order valence-corrected chi connectivity index (χ4v) is 4.83. The molecule has 0 saturated heterocycles. The van der Waals surface area contributed by atoms with Crippen LogP contribution in [0.15, 0.2) is 0 Å². The van der Waals surface area contributed by atoms with Gasteiger partial charge in [0, 0.05) is 6.42 Å². The first kappa shape index (κ1) is 25.0. The Morgan fingerprint density at radius 2 is 1.36 bits per heavy atom. The number of hydrogen-bond donors (Lipinski definition) is 2. The van der Waals surface area contributed by atoms with Crippen LogP contribution >= 0.6 is 0 Å². The smallest absolute Gasteiger partial charge is 0.306 e. The average molecular weight is 397 g/mol. The van der Waals surface area contributed by atoms with Crippen molar-refractivity contribution in [2.45, 2.75) is 123 Å². The lowest BCUT2D eigenvalue weighted by molar-refractivity contribution is -0.144. The van der Waals surface area contributed by atoms with Crippen LogP contribution in [0.3, 0.4) is 0 Å². The van der Waals surface area contributed by atoms with E-state index in [0.29, 0.717) is 5.92 Å². The second kappa shape index (κ2) is 14.0. The van der Waals surface area contributed by atoms with Crippen molar-refractivity contribution in [3.05, 3.63) is 0 Å². The molecule has 28 heavy (non-hydrogen) atoms. The summed E-state index contributed by atoms with van der Waals surface area (Å²) in [5.41, 5.74) is 0.256. The van der Waals surface area contributed by atoms with E-state index < -0.39 is 11.9 Å². The van der Waals surface area contributed by atoms with Gasteiger partial charge in [0.1, 0.15) is 0 Å². The predicted octanol–water partition coefficient (Wildman–Crippen LogP) is 7.06. The quantitative estimate of drug-likeness (QED) is 0.229. The summed E-state index contributed by atoms with van der Waals surface area (Å²) in [4.78, 5) is 22.3. The first-order valence-corrected chi connectivity index (χ1v) is 11.9. The molecule has 0 aromatic rings. The minimum Gasteiger partial charge on any atom is -0.481 e. The molecule has 0 aromatic heterocycles. The zero-order valence-corrected chi connectivity index (χ0v) is 18.4. The summed E-state index contributed by atoms with van der Waals surface area (Å²) in [6.45, 7) is 4.15. The van der Waals surface area contributed by atoms with E-state index in [1.54, 1.807) is 0 Å². The molecule has 2 unspecified atom stereocenters. The van der Waals surface area contributed by atoms with Crippen molar-refractivity contribution in [1.29, 1.82) is 0 Å². The fourth-order valence-electron chi connectivity index (χ4n) is 4.83. The van der Waals surface area contributed by atoms with E-state index in [4.69, 9.17) is 5.11 Å². The van der Waals surface area contributed by atoms with Crippen LogP contribution in [-0.2, 0) is 9.59 Å². The molecule has 164 valence electrons. The molecule has 0 spiro atoms. The minimum atomic E-state index is -0.709. The molecule has 0 amide bonds. The Morgan fingerprint density at radius 1 is 0.821 bits per heavy atom. The Morgan fingerprint density at radius 3 is 1.89 bits per heavy atom. The van der Waals surface area contributed by atoms with E-state index in [2.05, 4.69) is 6.92 Å². The third-order valence-electron chi connectivity index (χ3n) is 6.86. The number of carbonyl (C=O) groups is 2. The zero-order valence-electron chi connectivity index (χ0n) is 18.4. The monoisotopic (exact) mass is 396 g/mol. The normalized spacial score (nSPS) is 17.2. The molecule has 0 aromatic carbocycles. The Balaban J connectivity index is 2.33. The Hall–Kier alpha value is -1.06. The molecule has 2 atom stereocenters. The molecular formula is C24H44O4. The van der Waals surface area contributed by atoms with Crippen LogP contribution in [0.2, 0.25) is 0 Å². The van der Waals surface area contributed by atoms with Gasteiger partial charge >= 0.3 is 11.9 Å². The number of aliphatic carboxylic acids is 2. The van der Waals surface area contributed by atoms with Crippen molar-refractivity contribution in [2.24, 2.45) is 17.3 Å². The van der Waals surface area contributed by atoms with E-state index in [1.165, 1.54) is 57.8 Å². The van der Waals surface area contributed by atoms with E-state index >= 15 is 0 Å². The summed E-state index contributed by atoms with van der Waals surface area (Å²) >= 11 is 0. The van der Waals surface area contributed by atoms with Gasteiger partial charge in [-0.2, -0.15) is 0 Å². The van der Waals surface area contributed by atoms with E-state index in [9.17, 15) is 14.7 Å². The maximum absolute atomic E-state index is 11.7. The lowest BCUT2D eigenvalue weighted by Gasteiger charge is -2.30.